The largest absolute Gasteiger partial charge is 0.508 e. The Morgan fingerprint density at radius 3 is 1.11 bits per heavy atom. The monoisotopic (exact) mass is 655 g/mol. The summed E-state index contributed by atoms with van der Waals surface area (Å²) in [7, 11) is 0. The van der Waals surface area contributed by atoms with Crippen LogP contribution in [0, 0.1) is 0 Å². The van der Waals surface area contributed by atoms with Gasteiger partial charge in [0.2, 0.25) is 0 Å². The van der Waals surface area contributed by atoms with Gasteiger partial charge in [-0.15, -0.1) is 0 Å². The van der Waals surface area contributed by atoms with E-state index in [-0.39, 0.29) is 12.1 Å². The second-order valence-corrected chi connectivity index (χ2v) is 13.5. The Balaban J connectivity index is 0. The van der Waals surface area contributed by atoms with Crippen LogP contribution in [0.5, 0.6) is 0 Å². The van der Waals surface area contributed by atoms with Crippen LogP contribution in [-0.4, -0.2) is 31.4 Å². The van der Waals surface area contributed by atoms with E-state index in [1.54, 1.807) is 0 Å². The highest BCUT2D eigenvalue weighted by atomic mass is 16.7. The van der Waals surface area contributed by atoms with Crippen molar-refractivity contribution in [2.45, 2.75) is 240 Å². The van der Waals surface area contributed by atoms with E-state index in [2.05, 4.69) is 34.6 Å². The van der Waals surface area contributed by atoms with Crippen molar-refractivity contribution in [2.24, 2.45) is 0 Å². The molecule has 0 aliphatic carbocycles. The topological polar surface area (TPSA) is 61.8 Å². The zero-order valence-electron chi connectivity index (χ0n) is 32.0. The van der Waals surface area contributed by atoms with E-state index >= 15 is 0 Å². The summed E-state index contributed by atoms with van der Waals surface area (Å²) in [5.74, 6) is 0.0245. The van der Waals surface area contributed by atoms with Gasteiger partial charge >= 0.3 is 12.1 Å². The molecular weight excluding hydrogens is 572 g/mol. The molecule has 1 atom stereocenters. The van der Waals surface area contributed by atoms with Gasteiger partial charge in [0.25, 0.3) is 0 Å². The van der Waals surface area contributed by atoms with E-state index in [4.69, 9.17) is 14.2 Å². The van der Waals surface area contributed by atoms with Crippen molar-refractivity contribution in [3.05, 3.63) is 0 Å². The number of carbonyl (C=O) groups excluding carboxylic acids is 2. The third-order valence-electron chi connectivity index (χ3n) is 8.80. The first-order valence-corrected chi connectivity index (χ1v) is 20.5. The van der Waals surface area contributed by atoms with Crippen molar-refractivity contribution in [1.29, 1.82) is 0 Å². The minimum Gasteiger partial charge on any atom is -0.462 e. The van der Waals surface area contributed by atoms with Crippen LogP contribution in [-0.2, 0) is 19.0 Å². The molecule has 0 aromatic carbocycles. The fourth-order valence-electron chi connectivity index (χ4n) is 5.62. The molecule has 5 heteroatoms. The van der Waals surface area contributed by atoms with Crippen molar-refractivity contribution >= 4 is 12.1 Å². The molecule has 276 valence electrons. The fourth-order valence-corrected chi connectivity index (χ4v) is 5.62. The minimum absolute atomic E-state index is 0.0245. The first-order valence-electron chi connectivity index (χ1n) is 20.5. The lowest BCUT2D eigenvalue weighted by Crippen LogP contribution is -2.17. The minimum atomic E-state index is -0.493. The normalized spacial score (nSPS) is 11.5. The molecule has 0 spiro atoms. The van der Waals surface area contributed by atoms with E-state index in [0.717, 1.165) is 44.9 Å². The van der Waals surface area contributed by atoms with Gasteiger partial charge in [0.1, 0.15) is 6.10 Å². The second kappa shape index (κ2) is 41.8. The van der Waals surface area contributed by atoms with E-state index in [1.807, 2.05) is 0 Å². The highest BCUT2D eigenvalue weighted by molar-refractivity contribution is 5.69. The Kier molecular flexibility index (Phi) is 42.5. The van der Waals surface area contributed by atoms with Crippen LogP contribution in [0.3, 0.4) is 0 Å². The Morgan fingerprint density at radius 1 is 0.413 bits per heavy atom. The third-order valence-corrected chi connectivity index (χ3v) is 8.80. The molecule has 5 nitrogen and oxygen atoms in total. The van der Waals surface area contributed by atoms with Crippen LogP contribution in [0.25, 0.3) is 0 Å². The zero-order valence-corrected chi connectivity index (χ0v) is 32.0. The summed E-state index contributed by atoms with van der Waals surface area (Å²) in [5, 5.41) is 0. The molecule has 46 heavy (non-hydrogen) atoms. The molecule has 0 aromatic heterocycles. The third kappa shape index (κ3) is 40.8. The average Bonchev–Trinajstić information content (AvgIpc) is 3.06. The van der Waals surface area contributed by atoms with Gasteiger partial charge in [-0.25, -0.2) is 4.79 Å². The first kappa shape index (κ1) is 46.9. The summed E-state index contributed by atoms with van der Waals surface area (Å²) >= 11 is 0. The van der Waals surface area contributed by atoms with Gasteiger partial charge in [0.15, 0.2) is 0 Å². The summed E-state index contributed by atoms with van der Waals surface area (Å²) in [6.45, 7) is 12.0. The lowest BCUT2D eigenvalue weighted by atomic mass is 10.0. The van der Waals surface area contributed by atoms with Gasteiger partial charge in [-0.3, -0.25) is 4.79 Å². The maximum absolute atomic E-state index is 11.9. The molecule has 0 N–H and O–H groups in total. The van der Waals surface area contributed by atoms with Crippen molar-refractivity contribution in [3.8, 4) is 0 Å². The van der Waals surface area contributed by atoms with Gasteiger partial charge in [-0.1, -0.05) is 189 Å². The summed E-state index contributed by atoms with van der Waals surface area (Å²) in [4.78, 5) is 23.2. The molecular formula is C41H82O5. The van der Waals surface area contributed by atoms with Crippen molar-refractivity contribution in [2.75, 3.05) is 13.2 Å². The van der Waals surface area contributed by atoms with Gasteiger partial charge in [-0.05, 0) is 38.5 Å². The van der Waals surface area contributed by atoms with Crippen LogP contribution in [0.15, 0.2) is 0 Å². The SMILES string of the molecule is CCCCCCCCCCCCCCCC(=O)OC(CC)CCCCC.CCCCCCCCOC(=O)OCCCCCCCC. The summed E-state index contributed by atoms with van der Waals surface area (Å²) in [5.41, 5.74) is 0. The van der Waals surface area contributed by atoms with Gasteiger partial charge in [-0.2, -0.15) is 0 Å². The number of hydrogen-bond acceptors (Lipinski definition) is 5. The fraction of sp³-hybridized carbons (Fsp3) is 0.951. The predicted molar refractivity (Wildman–Crippen MR) is 199 cm³/mol. The van der Waals surface area contributed by atoms with E-state index in [1.165, 1.54) is 148 Å². The second-order valence-electron chi connectivity index (χ2n) is 13.5. The molecule has 0 bridgehead atoms. The molecule has 0 heterocycles. The Bertz CT molecular complexity index is 573. The molecule has 0 aliphatic heterocycles. The smallest absolute Gasteiger partial charge is 0.462 e. The quantitative estimate of drug-likeness (QED) is 0.0510. The highest BCUT2D eigenvalue weighted by Crippen LogP contribution is 2.15. The molecule has 0 saturated carbocycles. The Hall–Kier alpha value is -1.26. The lowest BCUT2D eigenvalue weighted by Gasteiger charge is -2.16. The molecule has 1 unspecified atom stereocenters. The van der Waals surface area contributed by atoms with Crippen LogP contribution in [0.4, 0.5) is 4.79 Å². The molecule has 0 fully saturated rings. The molecule has 0 radical (unpaired) electrons. The van der Waals surface area contributed by atoms with Crippen molar-refractivity contribution < 1.29 is 23.8 Å². The Labute approximate surface area is 288 Å². The van der Waals surface area contributed by atoms with Gasteiger partial charge < -0.3 is 14.2 Å². The maximum Gasteiger partial charge on any atom is 0.508 e. The highest BCUT2D eigenvalue weighted by Gasteiger charge is 2.12. The van der Waals surface area contributed by atoms with E-state index in [9.17, 15) is 9.59 Å². The van der Waals surface area contributed by atoms with Crippen molar-refractivity contribution in [3.63, 3.8) is 0 Å². The zero-order chi connectivity index (χ0) is 34.2. The standard InChI is InChI=1S/C24H48O2.C17H34O3/c1-4-7-9-10-11-12-13-14-15-16-17-18-20-22-24(25)26-23(6-3)21-19-8-5-2;1-3-5-7-9-11-13-15-19-17(18)20-16-14-12-10-8-6-4-2/h23H,4-22H2,1-3H3;3-16H2,1-2H3. The number of esters is 1. The summed E-state index contributed by atoms with van der Waals surface area (Å²) in [6, 6.07) is 0. The molecule has 0 saturated heterocycles. The number of ether oxygens (including phenoxy) is 3. The van der Waals surface area contributed by atoms with Crippen LogP contribution >= 0.6 is 0 Å². The number of hydrogen-bond donors (Lipinski definition) is 0. The molecule has 0 aromatic rings. The Morgan fingerprint density at radius 2 is 0.739 bits per heavy atom. The molecule has 0 aliphatic rings. The molecule has 0 rings (SSSR count). The number of rotatable bonds is 34. The van der Waals surface area contributed by atoms with Gasteiger partial charge in [0.05, 0.1) is 13.2 Å². The van der Waals surface area contributed by atoms with Gasteiger partial charge in [0, 0.05) is 6.42 Å². The number of unbranched alkanes of at least 4 members (excludes halogenated alkanes) is 24. The predicted octanol–water partition coefficient (Wildman–Crippen LogP) is 14.2. The van der Waals surface area contributed by atoms with Crippen LogP contribution in [0.1, 0.15) is 234 Å². The summed E-state index contributed by atoms with van der Waals surface area (Å²) in [6.07, 6.45) is 37.7. The lowest BCUT2D eigenvalue weighted by molar-refractivity contribution is -0.149. The molecule has 0 amide bonds. The summed E-state index contributed by atoms with van der Waals surface area (Å²) < 4.78 is 15.7. The number of carbonyl (C=O) groups is 2. The van der Waals surface area contributed by atoms with Crippen molar-refractivity contribution in [1.82, 2.24) is 0 Å². The van der Waals surface area contributed by atoms with Crippen LogP contribution in [0.2, 0.25) is 0 Å². The maximum atomic E-state index is 11.9. The van der Waals surface area contributed by atoms with E-state index < -0.39 is 6.16 Å². The van der Waals surface area contributed by atoms with E-state index in [0.29, 0.717) is 19.6 Å². The average molecular weight is 655 g/mol. The first-order chi connectivity index (χ1) is 22.5. The van der Waals surface area contributed by atoms with Crippen LogP contribution < -0.4 is 0 Å².